The molecular weight excluding hydrogens is 310 g/mol. The Morgan fingerprint density at radius 1 is 1.39 bits per heavy atom. The van der Waals surface area contributed by atoms with E-state index in [1.807, 2.05) is 30.3 Å². The zero-order chi connectivity index (χ0) is 16.7. The Morgan fingerprint density at radius 3 is 2.74 bits per heavy atom. The van der Waals surface area contributed by atoms with Crippen molar-refractivity contribution < 1.29 is 9.84 Å². The zero-order valence-corrected chi connectivity index (χ0v) is 13.7. The Labute approximate surface area is 140 Å². The highest BCUT2D eigenvalue weighted by molar-refractivity contribution is 7.99. The number of rotatable bonds is 7. The molecule has 3 N–H and O–H groups in total. The molecule has 5 nitrogen and oxygen atoms in total. The smallest absolute Gasteiger partial charge is 0.214 e. The van der Waals surface area contributed by atoms with Crippen molar-refractivity contribution >= 4 is 11.8 Å². The van der Waals surface area contributed by atoms with E-state index in [9.17, 15) is 10.4 Å². The average molecular weight is 329 g/mol. The molecule has 1 heterocycles. The van der Waals surface area contributed by atoms with E-state index in [0.29, 0.717) is 17.9 Å². The molecule has 0 saturated heterocycles. The highest BCUT2D eigenvalue weighted by atomic mass is 32.2. The fourth-order valence-electron chi connectivity index (χ4n) is 2.13. The molecule has 1 aromatic carbocycles. The minimum absolute atomic E-state index is 0.0255. The summed E-state index contributed by atoms with van der Waals surface area (Å²) in [7, 11) is 1.54. The number of aliphatic hydroxyl groups is 1. The molecular formula is C17H19N3O2S. The molecule has 0 aliphatic rings. The van der Waals surface area contributed by atoms with Gasteiger partial charge in [0, 0.05) is 28.5 Å². The van der Waals surface area contributed by atoms with Crippen molar-refractivity contribution in [2.75, 3.05) is 13.7 Å². The van der Waals surface area contributed by atoms with E-state index in [4.69, 9.17) is 10.5 Å². The van der Waals surface area contributed by atoms with Crippen molar-refractivity contribution in [3.63, 3.8) is 0 Å². The lowest BCUT2D eigenvalue weighted by molar-refractivity contribution is 0.259. The van der Waals surface area contributed by atoms with Crippen molar-refractivity contribution in [2.24, 2.45) is 5.73 Å². The summed E-state index contributed by atoms with van der Waals surface area (Å²) in [6, 6.07) is 13.5. The summed E-state index contributed by atoms with van der Waals surface area (Å²) in [4.78, 5) is 4.85. The maximum Gasteiger partial charge on any atom is 0.214 e. The van der Waals surface area contributed by atoms with Crippen LogP contribution >= 0.6 is 11.8 Å². The Bertz CT molecular complexity index is 673. The van der Waals surface area contributed by atoms with Gasteiger partial charge in [0.1, 0.15) is 6.07 Å². The lowest BCUT2D eigenvalue weighted by Gasteiger charge is -2.20. The second kappa shape index (κ2) is 8.53. The minimum Gasteiger partial charge on any atom is -0.481 e. The summed E-state index contributed by atoms with van der Waals surface area (Å²) >= 11 is 1.53. The Kier molecular flexibility index (Phi) is 6.41. The number of aliphatic hydroxyl groups excluding tert-OH is 1. The van der Waals surface area contributed by atoms with Crippen LogP contribution in [0.2, 0.25) is 0 Å². The maximum absolute atomic E-state index is 9.28. The first kappa shape index (κ1) is 17.3. The molecule has 6 heteroatoms. The summed E-state index contributed by atoms with van der Waals surface area (Å²) in [6.07, 6.45) is 2.11. The maximum atomic E-state index is 9.28. The van der Waals surface area contributed by atoms with Gasteiger partial charge in [0.2, 0.25) is 5.88 Å². The van der Waals surface area contributed by atoms with E-state index in [1.165, 1.54) is 18.0 Å². The molecule has 0 bridgehead atoms. The number of thioether (sulfide) groups is 1. The third kappa shape index (κ3) is 4.70. The first-order chi connectivity index (χ1) is 11.2. The quantitative estimate of drug-likeness (QED) is 0.758. The molecule has 2 atom stereocenters. The number of pyridine rings is 1. The molecule has 0 amide bonds. The number of nitrogens with zero attached hydrogens (tertiary/aromatic N) is 2. The second-order valence-corrected chi connectivity index (χ2v) is 6.27. The van der Waals surface area contributed by atoms with Gasteiger partial charge in [-0.3, -0.25) is 0 Å². The molecule has 0 aliphatic heterocycles. The molecule has 0 fully saturated rings. The minimum atomic E-state index is -0.318. The van der Waals surface area contributed by atoms with Crippen LogP contribution in [0.4, 0.5) is 0 Å². The number of aromatic nitrogens is 1. The Hall–Kier alpha value is -2.07. The van der Waals surface area contributed by atoms with Crippen molar-refractivity contribution in [1.29, 1.82) is 5.26 Å². The summed E-state index contributed by atoms with van der Waals surface area (Å²) in [5.41, 5.74) is 7.52. The van der Waals surface area contributed by atoms with Gasteiger partial charge in [-0.05, 0) is 12.0 Å². The second-order valence-electron chi connectivity index (χ2n) is 5.03. The molecule has 23 heavy (non-hydrogen) atoms. The van der Waals surface area contributed by atoms with Gasteiger partial charge in [0.15, 0.2) is 0 Å². The van der Waals surface area contributed by atoms with Crippen molar-refractivity contribution in [1.82, 2.24) is 4.98 Å². The average Bonchev–Trinajstić information content (AvgIpc) is 2.61. The summed E-state index contributed by atoms with van der Waals surface area (Å²) in [5.74, 6) is 0.463. The van der Waals surface area contributed by atoms with E-state index < -0.39 is 0 Å². The molecule has 1 aromatic heterocycles. The lowest BCUT2D eigenvalue weighted by Crippen LogP contribution is -2.26. The topological polar surface area (TPSA) is 92.2 Å². The summed E-state index contributed by atoms with van der Waals surface area (Å²) in [5, 5.41) is 18.6. The van der Waals surface area contributed by atoms with Crippen molar-refractivity contribution in [3.05, 3.63) is 53.7 Å². The Balaban J connectivity index is 2.32. The van der Waals surface area contributed by atoms with Crippen LogP contribution in [-0.2, 0) is 0 Å². The monoisotopic (exact) mass is 329 g/mol. The number of hydrogen-bond acceptors (Lipinski definition) is 6. The SMILES string of the molecule is COc1cc(S[C@H](C[C@@H](N)CO)c2ccccc2)c(C#N)cn1. The summed E-state index contributed by atoms with van der Waals surface area (Å²) < 4.78 is 5.15. The number of hydrogen-bond donors (Lipinski definition) is 2. The van der Waals surface area contributed by atoms with E-state index in [2.05, 4.69) is 11.1 Å². The van der Waals surface area contributed by atoms with Gasteiger partial charge in [0.05, 0.1) is 19.3 Å². The number of nitriles is 1. The molecule has 120 valence electrons. The standard InChI is InChI=1S/C17H19N3O2S/c1-22-17-8-16(13(9-18)10-20-17)23-15(7-14(19)11-21)12-5-3-2-4-6-12/h2-6,8,10,14-15,21H,7,11,19H2,1H3/t14-,15-/m1/s1. The van der Waals surface area contributed by atoms with E-state index in [0.717, 1.165) is 10.5 Å². The lowest BCUT2D eigenvalue weighted by atomic mass is 10.1. The van der Waals surface area contributed by atoms with Gasteiger partial charge in [-0.15, -0.1) is 11.8 Å². The normalized spacial score (nSPS) is 13.1. The number of nitrogens with two attached hydrogens (primary N) is 1. The highest BCUT2D eigenvalue weighted by Crippen LogP contribution is 2.40. The molecule has 0 unspecified atom stereocenters. The molecule has 0 spiro atoms. The number of benzene rings is 1. The van der Waals surface area contributed by atoms with Gasteiger partial charge in [-0.25, -0.2) is 4.98 Å². The van der Waals surface area contributed by atoms with Crippen LogP contribution in [0, 0.1) is 11.3 Å². The van der Waals surface area contributed by atoms with Gasteiger partial charge in [-0.2, -0.15) is 5.26 Å². The molecule has 0 radical (unpaired) electrons. The van der Waals surface area contributed by atoms with Crippen LogP contribution in [0.3, 0.4) is 0 Å². The predicted molar refractivity (Wildman–Crippen MR) is 90.2 cm³/mol. The molecule has 2 aromatic rings. The number of methoxy groups -OCH3 is 1. The fraction of sp³-hybridized carbons (Fsp3) is 0.294. The van der Waals surface area contributed by atoms with Gasteiger partial charge in [0.25, 0.3) is 0 Å². The zero-order valence-electron chi connectivity index (χ0n) is 12.8. The fourth-order valence-corrected chi connectivity index (χ4v) is 3.47. The third-order valence-electron chi connectivity index (χ3n) is 3.36. The van der Waals surface area contributed by atoms with Crippen LogP contribution < -0.4 is 10.5 Å². The van der Waals surface area contributed by atoms with E-state index in [1.54, 1.807) is 13.2 Å². The van der Waals surface area contributed by atoms with Crippen molar-refractivity contribution in [3.8, 4) is 11.9 Å². The van der Waals surface area contributed by atoms with Crippen LogP contribution in [0.15, 0.2) is 47.5 Å². The summed E-state index contributed by atoms with van der Waals surface area (Å²) in [6.45, 7) is -0.0747. The van der Waals surface area contributed by atoms with Crippen molar-refractivity contribution in [2.45, 2.75) is 22.6 Å². The number of ether oxygens (including phenoxy) is 1. The van der Waals surface area contributed by atoms with Gasteiger partial charge in [-0.1, -0.05) is 30.3 Å². The van der Waals surface area contributed by atoms with Crippen LogP contribution in [0.5, 0.6) is 5.88 Å². The third-order valence-corrected chi connectivity index (χ3v) is 4.70. The van der Waals surface area contributed by atoms with Gasteiger partial charge < -0.3 is 15.6 Å². The van der Waals surface area contributed by atoms with E-state index in [-0.39, 0.29) is 17.9 Å². The largest absolute Gasteiger partial charge is 0.481 e. The highest BCUT2D eigenvalue weighted by Gasteiger charge is 2.19. The van der Waals surface area contributed by atoms with Crippen LogP contribution in [-0.4, -0.2) is 29.8 Å². The Morgan fingerprint density at radius 2 is 2.13 bits per heavy atom. The molecule has 2 rings (SSSR count). The van der Waals surface area contributed by atoms with E-state index >= 15 is 0 Å². The van der Waals surface area contributed by atoms with Gasteiger partial charge >= 0.3 is 0 Å². The molecule has 0 aliphatic carbocycles. The molecule has 0 saturated carbocycles. The first-order valence-electron chi connectivity index (χ1n) is 7.20. The first-order valence-corrected chi connectivity index (χ1v) is 8.08. The van der Waals surface area contributed by atoms with Crippen LogP contribution in [0.25, 0.3) is 0 Å². The van der Waals surface area contributed by atoms with Crippen LogP contribution in [0.1, 0.15) is 22.8 Å². The predicted octanol–water partition coefficient (Wildman–Crippen LogP) is 2.50.